The van der Waals surface area contributed by atoms with Crippen molar-refractivity contribution in [3.63, 3.8) is 0 Å². The van der Waals surface area contributed by atoms with E-state index in [-0.39, 0.29) is 0 Å². The fraction of sp³-hybridized carbons (Fsp3) is 0.273. The summed E-state index contributed by atoms with van der Waals surface area (Å²) in [5.41, 5.74) is 1.29. The predicted molar refractivity (Wildman–Crippen MR) is 64.9 cm³/mol. The van der Waals surface area contributed by atoms with E-state index in [1.165, 1.54) is 10.5 Å². The van der Waals surface area contributed by atoms with Crippen LogP contribution in [0.25, 0.3) is 0 Å². The highest BCUT2D eigenvalue weighted by Gasteiger charge is 1.96. The second-order valence-corrected chi connectivity index (χ2v) is 4.57. The van der Waals surface area contributed by atoms with Gasteiger partial charge in [-0.1, -0.05) is 30.3 Å². The smallest absolute Gasteiger partial charge is 0.0334 e. The quantitative estimate of drug-likeness (QED) is 0.776. The van der Waals surface area contributed by atoms with E-state index < -0.39 is 0 Å². The van der Waals surface area contributed by atoms with Gasteiger partial charge in [0, 0.05) is 22.2 Å². The molecule has 0 unspecified atom stereocenters. The standard InChI is InChI=1S/C11H14ClNS/c1-9(12)8-14-11-5-3-4-10(6-11)7-13-2/h3-6,13H,1,7-8H2,2H3. The van der Waals surface area contributed by atoms with E-state index in [0.717, 1.165) is 12.3 Å². The molecule has 0 aliphatic heterocycles. The number of benzene rings is 1. The molecule has 0 aliphatic rings. The summed E-state index contributed by atoms with van der Waals surface area (Å²) in [4.78, 5) is 1.24. The first kappa shape index (κ1) is 11.6. The van der Waals surface area contributed by atoms with Crippen LogP contribution in [0, 0.1) is 0 Å². The highest BCUT2D eigenvalue weighted by molar-refractivity contribution is 7.99. The summed E-state index contributed by atoms with van der Waals surface area (Å²) in [6.07, 6.45) is 0. The lowest BCUT2D eigenvalue weighted by molar-refractivity contribution is 0.815. The van der Waals surface area contributed by atoms with Crippen LogP contribution in [0.4, 0.5) is 0 Å². The van der Waals surface area contributed by atoms with E-state index in [1.807, 2.05) is 7.05 Å². The molecule has 0 aliphatic carbocycles. The van der Waals surface area contributed by atoms with Crippen molar-refractivity contribution in [1.29, 1.82) is 0 Å². The third kappa shape index (κ3) is 4.18. The molecule has 0 heterocycles. The first-order chi connectivity index (χ1) is 6.72. The van der Waals surface area contributed by atoms with Gasteiger partial charge in [0.1, 0.15) is 0 Å². The second kappa shape index (κ2) is 6.12. The Hall–Kier alpha value is -0.440. The molecular formula is C11H14ClNS. The third-order valence-electron chi connectivity index (χ3n) is 1.67. The summed E-state index contributed by atoms with van der Waals surface area (Å²) < 4.78 is 0. The third-order valence-corrected chi connectivity index (χ3v) is 3.05. The summed E-state index contributed by atoms with van der Waals surface area (Å²) in [6, 6.07) is 8.42. The van der Waals surface area contributed by atoms with E-state index in [4.69, 9.17) is 11.6 Å². The molecule has 1 N–H and O–H groups in total. The van der Waals surface area contributed by atoms with Crippen LogP contribution in [0.1, 0.15) is 5.56 Å². The van der Waals surface area contributed by atoms with Crippen molar-refractivity contribution in [2.24, 2.45) is 0 Å². The highest BCUT2D eigenvalue weighted by atomic mass is 35.5. The minimum atomic E-state index is 0.689. The van der Waals surface area contributed by atoms with Gasteiger partial charge in [-0.2, -0.15) is 0 Å². The molecule has 0 atom stereocenters. The maximum Gasteiger partial charge on any atom is 0.0334 e. The Kier molecular flexibility index (Phi) is 5.09. The Labute approximate surface area is 94.5 Å². The van der Waals surface area contributed by atoms with Crippen LogP contribution in [0.2, 0.25) is 0 Å². The summed E-state index contributed by atoms with van der Waals surface area (Å²) in [5.74, 6) is 0.768. The van der Waals surface area contributed by atoms with Crippen molar-refractivity contribution in [3.05, 3.63) is 41.4 Å². The molecule has 0 radical (unpaired) electrons. The van der Waals surface area contributed by atoms with Gasteiger partial charge in [0.15, 0.2) is 0 Å². The number of rotatable bonds is 5. The highest BCUT2D eigenvalue weighted by Crippen LogP contribution is 2.22. The minimum Gasteiger partial charge on any atom is -0.316 e. The van der Waals surface area contributed by atoms with Crippen molar-refractivity contribution in [2.45, 2.75) is 11.4 Å². The SMILES string of the molecule is C=C(Cl)CSc1cccc(CNC)c1. The molecular weight excluding hydrogens is 214 g/mol. The number of nitrogens with one attached hydrogen (secondary N) is 1. The first-order valence-corrected chi connectivity index (χ1v) is 5.78. The molecule has 1 aromatic carbocycles. The second-order valence-electron chi connectivity index (χ2n) is 2.98. The molecule has 0 aromatic heterocycles. The van der Waals surface area contributed by atoms with E-state index in [1.54, 1.807) is 11.8 Å². The first-order valence-electron chi connectivity index (χ1n) is 4.42. The molecule has 1 nitrogen and oxygen atoms in total. The Balaban J connectivity index is 2.58. The van der Waals surface area contributed by atoms with Crippen LogP contribution >= 0.6 is 23.4 Å². The molecule has 76 valence electrons. The molecule has 0 spiro atoms. The molecule has 0 fully saturated rings. The minimum absolute atomic E-state index is 0.689. The number of hydrogen-bond donors (Lipinski definition) is 1. The zero-order chi connectivity index (χ0) is 10.4. The lowest BCUT2D eigenvalue weighted by atomic mass is 10.2. The normalized spacial score (nSPS) is 10.1. The van der Waals surface area contributed by atoms with Gasteiger partial charge in [0.25, 0.3) is 0 Å². The van der Waals surface area contributed by atoms with E-state index in [0.29, 0.717) is 5.03 Å². The van der Waals surface area contributed by atoms with Gasteiger partial charge in [-0.25, -0.2) is 0 Å². The Morgan fingerprint density at radius 1 is 1.57 bits per heavy atom. The topological polar surface area (TPSA) is 12.0 Å². The number of hydrogen-bond acceptors (Lipinski definition) is 2. The van der Waals surface area contributed by atoms with Crippen molar-refractivity contribution < 1.29 is 0 Å². The van der Waals surface area contributed by atoms with Gasteiger partial charge in [0.05, 0.1) is 0 Å². The van der Waals surface area contributed by atoms with Crippen LogP contribution < -0.4 is 5.32 Å². The number of halogens is 1. The van der Waals surface area contributed by atoms with E-state index in [9.17, 15) is 0 Å². The van der Waals surface area contributed by atoms with Crippen molar-refractivity contribution in [2.75, 3.05) is 12.8 Å². The molecule has 3 heteroatoms. The molecule has 0 bridgehead atoms. The van der Waals surface area contributed by atoms with Gasteiger partial charge in [-0.15, -0.1) is 11.8 Å². The monoisotopic (exact) mass is 227 g/mol. The zero-order valence-corrected chi connectivity index (χ0v) is 9.79. The Morgan fingerprint density at radius 3 is 3.00 bits per heavy atom. The fourth-order valence-corrected chi connectivity index (χ4v) is 2.01. The molecule has 0 saturated carbocycles. The van der Waals surface area contributed by atoms with Gasteiger partial charge in [-0.05, 0) is 24.7 Å². The summed E-state index contributed by atoms with van der Waals surface area (Å²) in [6.45, 7) is 4.56. The van der Waals surface area contributed by atoms with E-state index >= 15 is 0 Å². The van der Waals surface area contributed by atoms with Gasteiger partial charge in [-0.3, -0.25) is 0 Å². The predicted octanol–water partition coefficient (Wildman–Crippen LogP) is 3.25. The summed E-state index contributed by atoms with van der Waals surface area (Å²) in [5, 5.41) is 3.81. The van der Waals surface area contributed by atoms with Gasteiger partial charge >= 0.3 is 0 Å². The number of thioether (sulfide) groups is 1. The van der Waals surface area contributed by atoms with Crippen LogP contribution in [-0.2, 0) is 6.54 Å². The van der Waals surface area contributed by atoms with Crippen LogP contribution in [0.3, 0.4) is 0 Å². The fourth-order valence-electron chi connectivity index (χ4n) is 1.11. The largest absolute Gasteiger partial charge is 0.316 e. The molecule has 14 heavy (non-hydrogen) atoms. The summed E-state index contributed by atoms with van der Waals surface area (Å²) >= 11 is 7.41. The maximum atomic E-state index is 5.70. The molecule has 1 aromatic rings. The average molecular weight is 228 g/mol. The summed E-state index contributed by atoms with van der Waals surface area (Å²) in [7, 11) is 1.94. The lowest BCUT2D eigenvalue weighted by Gasteiger charge is -2.03. The maximum absolute atomic E-state index is 5.70. The van der Waals surface area contributed by atoms with Crippen molar-refractivity contribution in [3.8, 4) is 0 Å². The molecule has 0 saturated heterocycles. The average Bonchev–Trinajstić information content (AvgIpc) is 2.16. The van der Waals surface area contributed by atoms with Crippen molar-refractivity contribution >= 4 is 23.4 Å². The van der Waals surface area contributed by atoms with Gasteiger partial charge in [0.2, 0.25) is 0 Å². The zero-order valence-electron chi connectivity index (χ0n) is 8.22. The Bertz CT molecular complexity index is 312. The lowest BCUT2D eigenvalue weighted by Crippen LogP contribution is -2.04. The van der Waals surface area contributed by atoms with Crippen LogP contribution in [0.5, 0.6) is 0 Å². The van der Waals surface area contributed by atoms with Gasteiger partial charge < -0.3 is 5.32 Å². The Morgan fingerprint density at radius 2 is 2.36 bits per heavy atom. The van der Waals surface area contributed by atoms with Crippen LogP contribution in [0.15, 0.2) is 40.8 Å². The van der Waals surface area contributed by atoms with Crippen LogP contribution in [-0.4, -0.2) is 12.8 Å². The van der Waals surface area contributed by atoms with E-state index in [2.05, 4.69) is 36.2 Å². The van der Waals surface area contributed by atoms with Crippen molar-refractivity contribution in [1.82, 2.24) is 5.32 Å². The molecule has 0 amide bonds. The molecule has 1 rings (SSSR count).